The number of allylic oxidation sites excluding steroid dienone is 1. The Balaban J connectivity index is 2.24. The topological polar surface area (TPSA) is 37.4 Å². The van der Waals surface area contributed by atoms with Crippen LogP contribution in [0, 0.1) is 5.92 Å². The van der Waals surface area contributed by atoms with Crippen LogP contribution >= 0.6 is 10.7 Å². The van der Waals surface area contributed by atoms with Gasteiger partial charge < -0.3 is 4.90 Å². The maximum atomic E-state index is 10.6. The zero-order valence-electron chi connectivity index (χ0n) is 9.02. The summed E-state index contributed by atoms with van der Waals surface area (Å²) in [6, 6.07) is 0. The Hall–Kier alpha value is -0.0600. The van der Waals surface area contributed by atoms with Gasteiger partial charge in [0.25, 0.3) is 0 Å². The van der Waals surface area contributed by atoms with Gasteiger partial charge in [-0.1, -0.05) is 12.2 Å². The molecule has 15 heavy (non-hydrogen) atoms. The van der Waals surface area contributed by atoms with E-state index in [1.165, 1.54) is 19.4 Å². The highest BCUT2D eigenvalue weighted by Crippen LogP contribution is 2.18. The van der Waals surface area contributed by atoms with Gasteiger partial charge in [-0.05, 0) is 38.8 Å². The predicted octanol–water partition coefficient (Wildman–Crippen LogP) is 1.84. The van der Waals surface area contributed by atoms with Crippen molar-refractivity contribution in [2.24, 2.45) is 5.92 Å². The zero-order chi connectivity index (χ0) is 11.3. The Kier molecular flexibility index (Phi) is 5.09. The zero-order valence-corrected chi connectivity index (χ0v) is 10.6. The van der Waals surface area contributed by atoms with Crippen molar-refractivity contribution < 1.29 is 8.42 Å². The SMILES string of the molecule is CN1CCCC(C/C=C\CS(=O)(=O)Cl)C1. The molecule has 0 spiro atoms. The maximum absolute atomic E-state index is 10.6. The Morgan fingerprint density at radius 1 is 1.47 bits per heavy atom. The molecule has 1 fully saturated rings. The lowest BCUT2D eigenvalue weighted by atomic mass is 9.95. The molecular weight excluding hydrogens is 234 g/mol. The Morgan fingerprint density at radius 3 is 2.80 bits per heavy atom. The van der Waals surface area contributed by atoms with Gasteiger partial charge in [0.1, 0.15) is 0 Å². The van der Waals surface area contributed by atoms with E-state index in [9.17, 15) is 8.42 Å². The van der Waals surface area contributed by atoms with Crippen molar-refractivity contribution in [3.05, 3.63) is 12.2 Å². The molecule has 0 aromatic rings. The quantitative estimate of drug-likeness (QED) is 0.565. The molecule has 88 valence electrons. The van der Waals surface area contributed by atoms with Crippen molar-refractivity contribution in [1.82, 2.24) is 4.90 Å². The van der Waals surface area contributed by atoms with Crippen LogP contribution in [0.25, 0.3) is 0 Å². The van der Waals surface area contributed by atoms with E-state index in [0.717, 1.165) is 13.0 Å². The van der Waals surface area contributed by atoms with Gasteiger partial charge in [-0.15, -0.1) is 0 Å². The molecule has 1 heterocycles. The number of piperidine rings is 1. The molecule has 0 radical (unpaired) electrons. The van der Waals surface area contributed by atoms with Crippen LogP contribution in [0.3, 0.4) is 0 Å². The predicted molar refractivity (Wildman–Crippen MR) is 63.6 cm³/mol. The van der Waals surface area contributed by atoms with Gasteiger partial charge in [-0.2, -0.15) is 0 Å². The van der Waals surface area contributed by atoms with Crippen LogP contribution in [0.1, 0.15) is 19.3 Å². The minimum atomic E-state index is -3.36. The summed E-state index contributed by atoms with van der Waals surface area (Å²) in [5.74, 6) is 0.606. The molecule has 1 saturated heterocycles. The molecule has 0 N–H and O–H groups in total. The fraction of sp³-hybridized carbons (Fsp3) is 0.800. The first kappa shape index (κ1) is 13.0. The number of hydrogen-bond acceptors (Lipinski definition) is 3. The van der Waals surface area contributed by atoms with Crippen LogP contribution in [0.5, 0.6) is 0 Å². The molecule has 0 amide bonds. The molecule has 0 aromatic heterocycles. The fourth-order valence-electron chi connectivity index (χ4n) is 1.94. The summed E-state index contributed by atoms with van der Waals surface area (Å²) in [6.45, 7) is 2.29. The normalized spacial score (nSPS) is 24.8. The van der Waals surface area contributed by atoms with E-state index in [4.69, 9.17) is 10.7 Å². The van der Waals surface area contributed by atoms with Gasteiger partial charge >= 0.3 is 0 Å². The van der Waals surface area contributed by atoms with Crippen molar-refractivity contribution in [1.29, 1.82) is 0 Å². The van der Waals surface area contributed by atoms with Crippen LogP contribution in [-0.2, 0) is 9.05 Å². The number of rotatable bonds is 4. The third kappa shape index (κ3) is 6.17. The van der Waals surface area contributed by atoms with E-state index in [2.05, 4.69) is 11.9 Å². The lowest BCUT2D eigenvalue weighted by Crippen LogP contribution is -2.31. The van der Waals surface area contributed by atoms with Gasteiger partial charge in [0.15, 0.2) is 0 Å². The van der Waals surface area contributed by atoms with E-state index >= 15 is 0 Å². The monoisotopic (exact) mass is 251 g/mol. The molecule has 1 aliphatic rings. The lowest BCUT2D eigenvalue weighted by Gasteiger charge is -2.28. The average Bonchev–Trinajstić information content (AvgIpc) is 2.11. The second kappa shape index (κ2) is 5.87. The van der Waals surface area contributed by atoms with Crippen LogP contribution in [0.4, 0.5) is 0 Å². The van der Waals surface area contributed by atoms with Crippen LogP contribution in [-0.4, -0.2) is 39.2 Å². The summed E-state index contributed by atoms with van der Waals surface area (Å²) < 4.78 is 21.3. The minimum absolute atomic E-state index is 0.0584. The summed E-state index contributed by atoms with van der Waals surface area (Å²) in [6.07, 6.45) is 7.02. The summed E-state index contributed by atoms with van der Waals surface area (Å²) in [4.78, 5) is 2.32. The molecule has 1 rings (SSSR count). The minimum Gasteiger partial charge on any atom is -0.306 e. The standard InChI is InChI=1S/C10H18ClNO2S/c1-12-7-4-6-10(9-12)5-2-3-8-15(11,13)14/h2-3,10H,4-9H2,1H3/b3-2-. The molecule has 0 saturated carbocycles. The van der Waals surface area contributed by atoms with Crippen LogP contribution in [0.15, 0.2) is 12.2 Å². The number of nitrogens with zero attached hydrogens (tertiary/aromatic N) is 1. The molecule has 0 bridgehead atoms. The first-order valence-corrected chi connectivity index (χ1v) is 7.71. The van der Waals surface area contributed by atoms with Crippen molar-refractivity contribution in [3.63, 3.8) is 0 Å². The van der Waals surface area contributed by atoms with Crippen LogP contribution in [0.2, 0.25) is 0 Å². The van der Waals surface area contributed by atoms with E-state index in [1.54, 1.807) is 6.08 Å². The Morgan fingerprint density at radius 2 is 2.20 bits per heavy atom. The first-order valence-electron chi connectivity index (χ1n) is 5.23. The number of hydrogen-bond donors (Lipinski definition) is 0. The lowest BCUT2D eigenvalue weighted by molar-refractivity contribution is 0.211. The van der Waals surface area contributed by atoms with Gasteiger partial charge in [0.05, 0.1) is 5.75 Å². The van der Waals surface area contributed by atoms with Gasteiger partial charge in [0, 0.05) is 17.2 Å². The number of likely N-dealkylation sites (tertiary alicyclic amines) is 1. The Labute approximate surface area is 96.5 Å². The largest absolute Gasteiger partial charge is 0.306 e. The summed E-state index contributed by atoms with van der Waals surface area (Å²) in [7, 11) is 3.85. The first-order chi connectivity index (χ1) is 6.97. The fourth-order valence-corrected chi connectivity index (χ4v) is 2.52. The Bertz CT molecular complexity index is 313. The van der Waals surface area contributed by atoms with Gasteiger partial charge in [-0.25, -0.2) is 8.42 Å². The van der Waals surface area contributed by atoms with Gasteiger partial charge in [0.2, 0.25) is 9.05 Å². The van der Waals surface area contributed by atoms with E-state index < -0.39 is 9.05 Å². The molecule has 5 heteroatoms. The molecule has 3 nitrogen and oxygen atoms in total. The second-order valence-electron chi connectivity index (χ2n) is 4.18. The van der Waals surface area contributed by atoms with Crippen molar-refractivity contribution in [3.8, 4) is 0 Å². The molecular formula is C10H18ClNO2S. The summed E-state index contributed by atoms with van der Waals surface area (Å²) in [5.41, 5.74) is 0. The molecule has 1 atom stereocenters. The van der Waals surface area contributed by atoms with Crippen LogP contribution < -0.4 is 0 Å². The molecule has 0 aliphatic carbocycles. The molecule has 0 aromatic carbocycles. The third-order valence-corrected chi connectivity index (χ3v) is 3.62. The number of halogens is 1. The highest BCUT2D eigenvalue weighted by atomic mass is 35.7. The maximum Gasteiger partial charge on any atom is 0.236 e. The molecule has 1 unspecified atom stereocenters. The van der Waals surface area contributed by atoms with E-state index in [1.807, 2.05) is 6.08 Å². The van der Waals surface area contributed by atoms with Gasteiger partial charge in [-0.3, -0.25) is 0 Å². The second-order valence-corrected chi connectivity index (χ2v) is 7.00. The molecule has 1 aliphatic heterocycles. The third-order valence-electron chi connectivity index (χ3n) is 2.65. The van der Waals surface area contributed by atoms with Crippen molar-refractivity contribution in [2.45, 2.75) is 19.3 Å². The highest BCUT2D eigenvalue weighted by molar-refractivity contribution is 8.13. The van der Waals surface area contributed by atoms with Crippen molar-refractivity contribution >= 4 is 19.7 Å². The smallest absolute Gasteiger partial charge is 0.236 e. The average molecular weight is 252 g/mol. The van der Waals surface area contributed by atoms with E-state index in [-0.39, 0.29) is 5.75 Å². The summed E-state index contributed by atoms with van der Waals surface area (Å²) in [5, 5.41) is 0. The summed E-state index contributed by atoms with van der Waals surface area (Å²) >= 11 is 0. The van der Waals surface area contributed by atoms with E-state index in [0.29, 0.717) is 5.92 Å². The van der Waals surface area contributed by atoms with Crippen molar-refractivity contribution in [2.75, 3.05) is 25.9 Å². The highest BCUT2D eigenvalue weighted by Gasteiger charge is 2.15.